The summed E-state index contributed by atoms with van der Waals surface area (Å²) in [6.07, 6.45) is 6.13. The van der Waals surface area contributed by atoms with Crippen LogP contribution in [-0.2, 0) is 5.41 Å². The van der Waals surface area contributed by atoms with E-state index >= 15 is 0 Å². The van der Waals surface area contributed by atoms with Gasteiger partial charge in [0.25, 0.3) is 0 Å². The highest BCUT2D eigenvalue weighted by Gasteiger charge is 2.46. The SMILES string of the molecule is C=CC=C(C)C1(c2ccc(Br)cc2)C(=C)C(=CC)c2ccccc21. The Bertz CT molecular complexity index is 865. The van der Waals surface area contributed by atoms with Crippen LogP contribution in [0.15, 0.2) is 95.5 Å². The molecule has 0 nitrogen and oxygen atoms in total. The normalized spacial score (nSPS) is 21.9. The van der Waals surface area contributed by atoms with Crippen LogP contribution in [0.25, 0.3) is 5.57 Å². The predicted molar refractivity (Wildman–Crippen MR) is 108 cm³/mol. The van der Waals surface area contributed by atoms with Crippen molar-refractivity contribution in [2.75, 3.05) is 0 Å². The molecular weight excluding hydrogens is 356 g/mol. The van der Waals surface area contributed by atoms with Crippen LogP contribution in [0.1, 0.15) is 30.5 Å². The van der Waals surface area contributed by atoms with Crippen LogP contribution in [0.3, 0.4) is 0 Å². The van der Waals surface area contributed by atoms with E-state index in [-0.39, 0.29) is 5.41 Å². The topological polar surface area (TPSA) is 0 Å². The van der Waals surface area contributed by atoms with Gasteiger partial charge in [-0.05, 0) is 53.8 Å². The third-order valence-electron chi connectivity index (χ3n) is 4.92. The van der Waals surface area contributed by atoms with Gasteiger partial charge in [0, 0.05) is 4.47 Å². The molecule has 0 spiro atoms. The average molecular weight is 377 g/mol. The molecule has 1 unspecified atom stereocenters. The third-order valence-corrected chi connectivity index (χ3v) is 5.45. The zero-order chi connectivity index (χ0) is 17.3. The molecule has 2 aromatic carbocycles. The zero-order valence-corrected chi connectivity index (χ0v) is 15.7. The first-order valence-corrected chi connectivity index (χ1v) is 8.88. The van der Waals surface area contributed by atoms with E-state index in [0.29, 0.717) is 0 Å². The first kappa shape index (κ1) is 16.7. The number of fused-ring (bicyclic) bond motifs is 1. The van der Waals surface area contributed by atoms with Gasteiger partial charge in [0.15, 0.2) is 0 Å². The van der Waals surface area contributed by atoms with E-state index in [9.17, 15) is 0 Å². The molecule has 0 fully saturated rings. The molecule has 0 amide bonds. The van der Waals surface area contributed by atoms with Crippen LogP contribution in [0.4, 0.5) is 0 Å². The highest BCUT2D eigenvalue weighted by molar-refractivity contribution is 9.10. The van der Waals surface area contributed by atoms with Gasteiger partial charge in [-0.2, -0.15) is 0 Å². The molecule has 0 heterocycles. The van der Waals surface area contributed by atoms with Crippen LogP contribution < -0.4 is 0 Å². The number of hydrogen-bond acceptors (Lipinski definition) is 0. The molecule has 1 atom stereocenters. The summed E-state index contributed by atoms with van der Waals surface area (Å²) in [6, 6.07) is 17.2. The van der Waals surface area contributed by atoms with E-state index < -0.39 is 0 Å². The van der Waals surface area contributed by atoms with Gasteiger partial charge in [-0.25, -0.2) is 0 Å². The lowest BCUT2D eigenvalue weighted by Crippen LogP contribution is -2.28. The van der Waals surface area contributed by atoms with Crippen LogP contribution in [-0.4, -0.2) is 0 Å². The third kappa shape index (κ3) is 2.27. The largest absolute Gasteiger partial charge is 0.0991 e. The summed E-state index contributed by atoms with van der Waals surface area (Å²) in [5.74, 6) is 0. The van der Waals surface area contributed by atoms with E-state index in [0.717, 1.165) is 10.0 Å². The minimum absolute atomic E-state index is 0.340. The Morgan fingerprint density at radius 1 is 1.08 bits per heavy atom. The highest BCUT2D eigenvalue weighted by Crippen LogP contribution is 2.56. The second-order valence-electron chi connectivity index (χ2n) is 6.07. The van der Waals surface area contributed by atoms with Crippen LogP contribution in [0, 0.1) is 0 Å². The van der Waals surface area contributed by atoms with Crippen molar-refractivity contribution in [2.24, 2.45) is 0 Å². The van der Waals surface area contributed by atoms with Crippen molar-refractivity contribution in [1.29, 1.82) is 0 Å². The predicted octanol–water partition coefficient (Wildman–Crippen LogP) is 6.84. The Balaban J connectivity index is 2.43. The number of rotatable bonds is 3. The number of benzene rings is 2. The van der Waals surface area contributed by atoms with Crippen molar-refractivity contribution in [3.05, 3.63) is 112 Å². The molecule has 1 aliphatic carbocycles. The lowest BCUT2D eigenvalue weighted by Gasteiger charge is -2.34. The molecule has 3 rings (SSSR count). The maximum atomic E-state index is 4.52. The van der Waals surface area contributed by atoms with E-state index in [2.05, 4.69) is 104 Å². The van der Waals surface area contributed by atoms with Crippen LogP contribution >= 0.6 is 15.9 Å². The standard InChI is InChI=1S/C23H21Br/c1-5-9-16(3)23(18-12-14-19(24)15-13-18)17(4)20(6-2)21-10-7-8-11-22(21)23/h5-15H,1,4H2,2-3H3. The number of hydrogen-bond donors (Lipinski definition) is 0. The van der Waals surface area contributed by atoms with E-state index in [4.69, 9.17) is 0 Å². The molecular formula is C23H21Br. The summed E-state index contributed by atoms with van der Waals surface area (Å²) in [5, 5.41) is 0. The van der Waals surface area contributed by atoms with Crippen molar-refractivity contribution < 1.29 is 0 Å². The van der Waals surface area contributed by atoms with Crippen molar-refractivity contribution in [3.63, 3.8) is 0 Å². The fourth-order valence-electron chi connectivity index (χ4n) is 3.91. The Labute approximate surface area is 153 Å². The molecule has 0 N–H and O–H groups in total. The lowest BCUT2D eigenvalue weighted by atomic mass is 9.68. The molecule has 0 aliphatic heterocycles. The summed E-state index contributed by atoms with van der Waals surface area (Å²) in [5.41, 5.74) is 7.04. The van der Waals surface area contributed by atoms with Gasteiger partial charge in [0.1, 0.15) is 0 Å². The Morgan fingerprint density at radius 3 is 2.38 bits per heavy atom. The molecule has 0 aromatic heterocycles. The van der Waals surface area contributed by atoms with Gasteiger partial charge in [-0.3, -0.25) is 0 Å². The van der Waals surface area contributed by atoms with Crippen molar-refractivity contribution in [3.8, 4) is 0 Å². The molecule has 120 valence electrons. The van der Waals surface area contributed by atoms with Gasteiger partial charge < -0.3 is 0 Å². The van der Waals surface area contributed by atoms with Crippen molar-refractivity contribution >= 4 is 21.5 Å². The first-order chi connectivity index (χ1) is 11.6. The summed E-state index contributed by atoms with van der Waals surface area (Å²) in [4.78, 5) is 0. The molecule has 0 radical (unpaired) electrons. The van der Waals surface area contributed by atoms with E-state index in [1.54, 1.807) is 0 Å². The molecule has 0 saturated carbocycles. The summed E-state index contributed by atoms with van der Waals surface area (Å²) in [6.45, 7) is 12.7. The van der Waals surface area contributed by atoms with Gasteiger partial charge >= 0.3 is 0 Å². The fourth-order valence-corrected chi connectivity index (χ4v) is 4.18. The molecule has 0 bridgehead atoms. The number of halogens is 1. The second kappa shape index (κ2) is 6.41. The smallest absolute Gasteiger partial charge is 0.0668 e. The summed E-state index contributed by atoms with van der Waals surface area (Å²) >= 11 is 3.55. The monoisotopic (exact) mass is 376 g/mol. The van der Waals surface area contributed by atoms with Gasteiger partial charge in [-0.1, -0.05) is 89.3 Å². The minimum atomic E-state index is -0.340. The lowest BCUT2D eigenvalue weighted by molar-refractivity contribution is 0.749. The minimum Gasteiger partial charge on any atom is -0.0991 e. The Hall–Kier alpha value is -2.12. The quantitative estimate of drug-likeness (QED) is 0.514. The summed E-state index contributed by atoms with van der Waals surface area (Å²) in [7, 11) is 0. The van der Waals surface area contributed by atoms with Crippen LogP contribution in [0.5, 0.6) is 0 Å². The molecule has 2 aromatic rings. The molecule has 24 heavy (non-hydrogen) atoms. The fraction of sp³-hybridized carbons (Fsp3) is 0.130. The van der Waals surface area contributed by atoms with E-state index in [1.807, 2.05) is 6.08 Å². The summed E-state index contributed by atoms with van der Waals surface area (Å²) < 4.78 is 1.08. The molecule has 0 saturated heterocycles. The second-order valence-corrected chi connectivity index (χ2v) is 6.98. The van der Waals surface area contributed by atoms with Gasteiger partial charge in [-0.15, -0.1) is 0 Å². The van der Waals surface area contributed by atoms with Crippen LogP contribution in [0.2, 0.25) is 0 Å². The van der Waals surface area contributed by atoms with Crippen molar-refractivity contribution in [1.82, 2.24) is 0 Å². The average Bonchev–Trinajstić information content (AvgIpc) is 2.84. The Morgan fingerprint density at radius 2 is 1.75 bits per heavy atom. The molecule has 1 aliphatic rings. The number of allylic oxidation sites excluding steroid dienone is 6. The Kier molecular flexibility index (Phi) is 4.47. The van der Waals surface area contributed by atoms with Gasteiger partial charge in [0.2, 0.25) is 0 Å². The zero-order valence-electron chi connectivity index (χ0n) is 14.1. The van der Waals surface area contributed by atoms with Gasteiger partial charge in [0.05, 0.1) is 5.41 Å². The van der Waals surface area contributed by atoms with Crippen molar-refractivity contribution in [2.45, 2.75) is 19.3 Å². The van der Waals surface area contributed by atoms with E-state index in [1.165, 1.54) is 27.8 Å². The highest BCUT2D eigenvalue weighted by atomic mass is 79.9. The molecule has 1 heteroatoms. The first-order valence-electron chi connectivity index (χ1n) is 8.09. The maximum Gasteiger partial charge on any atom is 0.0668 e. The maximum absolute atomic E-state index is 4.52.